The fourth-order valence-corrected chi connectivity index (χ4v) is 12.9. The van der Waals surface area contributed by atoms with Gasteiger partial charge in [0.25, 0.3) is 11.8 Å². The van der Waals surface area contributed by atoms with Gasteiger partial charge in [-0.25, -0.2) is 40.7 Å². The minimum Gasteiger partial charge on any atom is -0.483 e. The van der Waals surface area contributed by atoms with Crippen molar-refractivity contribution in [3.63, 3.8) is 0 Å². The van der Waals surface area contributed by atoms with E-state index in [-0.39, 0.29) is 112 Å². The van der Waals surface area contributed by atoms with Crippen molar-refractivity contribution in [2.24, 2.45) is 5.73 Å². The normalized spacial score (nSPS) is 12.8. The summed E-state index contributed by atoms with van der Waals surface area (Å²) in [6.45, 7) is 23.8. The second kappa shape index (κ2) is 42.4. The molecular formula is C100H99Cl3F6N6O14. The number of ether oxygens (including phenoxy) is 5. The Bertz CT molecular complexity index is 6050. The van der Waals surface area contributed by atoms with Gasteiger partial charge in [-0.3, -0.25) is 24.0 Å². The molecule has 3 aliphatic carbocycles. The van der Waals surface area contributed by atoms with E-state index in [4.69, 9.17) is 75.1 Å². The van der Waals surface area contributed by atoms with E-state index in [0.29, 0.717) is 22.2 Å². The second-order valence-electron chi connectivity index (χ2n) is 34.7. The predicted molar refractivity (Wildman–Crippen MR) is 485 cm³/mol. The van der Waals surface area contributed by atoms with Gasteiger partial charge in [-0.05, 0) is 322 Å². The minimum absolute atomic E-state index is 0.0762. The van der Waals surface area contributed by atoms with Gasteiger partial charge in [-0.2, -0.15) is 0 Å². The summed E-state index contributed by atoms with van der Waals surface area (Å²) in [6.07, 6.45) is 4.58. The number of hydrogen-bond donors (Lipinski definition) is 7. The summed E-state index contributed by atoms with van der Waals surface area (Å²) < 4.78 is 113. The Labute approximate surface area is 760 Å². The van der Waals surface area contributed by atoms with E-state index < -0.39 is 130 Å². The van der Waals surface area contributed by atoms with Crippen LogP contribution in [0.4, 0.5) is 53.0 Å². The molecule has 0 aromatic heterocycles. The fraction of sp³-hybridized carbons (Fsp3) is 0.320. The number of aliphatic carboxylic acids is 1. The lowest BCUT2D eigenvalue weighted by Crippen LogP contribution is -2.44. The van der Waals surface area contributed by atoms with Gasteiger partial charge in [0.05, 0.1) is 50.0 Å². The third-order valence-corrected chi connectivity index (χ3v) is 19.9. The molecule has 0 unspecified atom stereocenters. The van der Waals surface area contributed by atoms with Crippen LogP contribution in [0, 0.1) is 91.2 Å². The zero-order chi connectivity index (χ0) is 95.1. The summed E-state index contributed by atoms with van der Waals surface area (Å²) in [5, 5.41) is 20.1. The van der Waals surface area contributed by atoms with E-state index in [9.17, 15) is 60.3 Å². The lowest BCUT2D eigenvalue weighted by atomic mass is 9.99. The quantitative estimate of drug-likeness (QED) is 0.0144. The molecule has 3 aliphatic rings. The number of carboxylic acid groups (broad SMARTS) is 1. The molecule has 129 heavy (non-hydrogen) atoms. The molecule has 0 heterocycles. The number of hydrogen-bond acceptors (Lipinski definition) is 15. The first-order valence-electron chi connectivity index (χ1n) is 40.9. The highest BCUT2D eigenvalue weighted by molar-refractivity contribution is 6.32. The number of anilines is 3. The number of benzene rings is 9. The van der Waals surface area contributed by atoms with Crippen LogP contribution in [0.5, 0.6) is 17.2 Å². The lowest BCUT2D eigenvalue weighted by Gasteiger charge is -2.24. The van der Waals surface area contributed by atoms with E-state index in [1.807, 2.05) is 0 Å². The molecule has 29 heteroatoms. The van der Waals surface area contributed by atoms with Gasteiger partial charge >= 0.3 is 18.2 Å². The van der Waals surface area contributed by atoms with Crippen molar-refractivity contribution in [3.8, 4) is 52.8 Å². The van der Waals surface area contributed by atoms with Gasteiger partial charge < -0.3 is 61.5 Å². The Balaban J connectivity index is 0.000000202. The van der Waals surface area contributed by atoms with E-state index in [2.05, 4.69) is 56.8 Å². The summed E-state index contributed by atoms with van der Waals surface area (Å²) in [7, 11) is 0. The van der Waals surface area contributed by atoms with Crippen molar-refractivity contribution in [2.45, 2.75) is 188 Å². The number of ketones is 3. The van der Waals surface area contributed by atoms with Crippen molar-refractivity contribution in [1.82, 2.24) is 10.6 Å². The number of nitrogen functional groups attached to an aromatic ring is 1. The standard InChI is InChI=1S/C35H35ClF2N2O5.C30H27ClF2N2O3.C18H14ClFO4.C17H23FN2O2/c1-20-28(11-9-22(31(20)38)13-14-35(5,6)40-33(43)45-34(2,3)4)39-30(41)19-44-29-12-10-25(36)18-27(29)32(42)24-15-23(21-7-8-21)16-26(37)17-24;1-17-25(8-6-19(28(17)33)10-11-30(2,3)34)35-27(36)16-38-26-9-7-22(31)15-24(26)29(37)21-12-20(18-4-5-18)13-23(32)14-21;19-13-3-4-16(24-9-17(21)22)15(8-13)18(23)12-5-11(10-1-2-10)6-14(20)7-12;1-11-13(19)8-7-12(14(11)18)9-10-17(5,6)20-15(21)22-16(2,3)4/h9-12,15-18,21H,7-8,19H2,1-6H3,(H,39,41)(H,40,43);6-9,12-15,18H,4-5,16,34H2,1-3H3,(H,35,36);3-8,10H,1-2,9H2,(H,21,22);7-8H,19H2,1-6H3,(H,20,21). The van der Waals surface area contributed by atoms with Crippen molar-refractivity contribution in [2.75, 3.05) is 36.2 Å². The highest BCUT2D eigenvalue weighted by Crippen LogP contribution is 2.44. The molecular weight excluding hydrogens is 1730 g/mol. The Morgan fingerprint density at radius 3 is 1.02 bits per heavy atom. The lowest BCUT2D eigenvalue weighted by molar-refractivity contribution is -0.139. The number of carboxylic acids is 1. The van der Waals surface area contributed by atoms with E-state index >= 15 is 4.39 Å². The Morgan fingerprint density at radius 1 is 0.411 bits per heavy atom. The Morgan fingerprint density at radius 2 is 0.713 bits per heavy atom. The van der Waals surface area contributed by atoms with Gasteiger partial charge in [0, 0.05) is 65.5 Å². The highest BCUT2D eigenvalue weighted by atomic mass is 35.5. The molecule has 0 spiro atoms. The third-order valence-electron chi connectivity index (χ3n) is 19.2. The first-order chi connectivity index (χ1) is 60.3. The number of alkyl carbamates (subject to hydrolysis) is 2. The number of nitrogens with two attached hydrogens (primary N) is 2. The first kappa shape index (κ1) is 100.0. The Hall–Kier alpha value is -12.8. The van der Waals surface area contributed by atoms with Crippen molar-refractivity contribution in [3.05, 3.63) is 279 Å². The molecule has 0 aliphatic heterocycles. The first-order valence-corrected chi connectivity index (χ1v) is 42.1. The topological polar surface area (TPSA) is 303 Å². The van der Waals surface area contributed by atoms with Crippen LogP contribution in [0.2, 0.25) is 15.1 Å². The maximum absolute atomic E-state index is 15.2. The second-order valence-corrected chi connectivity index (χ2v) is 36.0. The minimum atomic E-state index is -1.16. The number of carbonyl (C=O) groups excluding carboxylic acids is 7. The van der Waals surface area contributed by atoms with Crippen molar-refractivity contribution < 1.29 is 93.5 Å². The third kappa shape index (κ3) is 30.7. The summed E-state index contributed by atoms with van der Waals surface area (Å²) in [4.78, 5) is 99.3. The number of amides is 4. The molecule has 20 nitrogen and oxygen atoms in total. The van der Waals surface area contributed by atoms with Gasteiger partial charge in [0.1, 0.15) is 63.4 Å². The van der Waals surface area contributed by atoms with Crippen LogP contribution in [-0.2, 0) is 23.9 Å². The maximum Gasteiger partial charge on any atom is 0.408 e. The molecule has 0 saturated heterocycles. The molecule has 9 N–H and O–H groups in total. The zero-order valence-electron chi connectivity index (χ0n) is 73.8. The molecule has 0 radical (unpaired) electrons. The average molecular weight is 1830 g/mol. The molecule has 0 atom stereocenters. The molecule has 12 rings (SSSR count). The summed E-state index contributed by atoms with van der Waals surface area (Å²) in [5.41, 5.74) is 12.8. The number of rotatable bonds is 22. The molecule has 676 valence electrons. The number of carbonyl (C=O) groups is 8. The van der Waals surface area contributed by atoms with Crippen LogP contribution >= 0.6 is 34.8 Å². The zero-order valence-corrected chi connectivity index (χ0v) is 76.0. The monoisotopic (exact) mass is 1830 g/mol. The van der Waals surface area contributed by atoms with Crippen LogP contribution in [-0.4, -0.2) is 100 Å². The molecule has 9 aromatic rings. The van der Waals surface area contributed by atoms with Crippen molar-refractivity contribution >= 4 is 99.2 Å². The fourth-order valence-electron chi connectivity index (χ4n) is 12.4. The van der Waals surface area contributed by atoms with Gasteiger partial charge in [0.2, 0.25) is 0 Å². The van der Waals surface area contributed by atoms with Gasteiger partial charge in [-0.1, -0.05) is 70.3 Å². The predicted octanol–water partition coefficient (Wildman–Crippen LogP) is 21.3. The Kier molecular flexibility index (Phi) is 32.9. The molecule has 4 amide bonds. The highest BCUT2D eigenvalue weighted by Gasteiger charge is 2.32. The van der Waals surface area contributed by atoms with E-state index in [1.165, 1.54) is 117 Å². The van der Waals surface area contributed by atoms with Crippen LogP contribution in [0.1, 0.15) is 237 Å². The van der Waals surface area contributed by atoms with Crippen LogP contribution in [0.25, 0.3) is 0 Å². The van der Waals surface area contributed by atoms with Crippen molar-refractivity contribution in [1.29, 1.82) is 0 Å². The summed E-state index contributed by atoms with van der Waals surface area (Å²) in [6, 6.07) is 35.0. The smallest absolute Gasteiger partial charge is 0.408 e. The molecule has 9 aromatic carbocycles. The van der Waals surface area contributed by atoms with Crippen LogP contribution in [0.3, 0.4) is 0 Å². The number of halogens is 9. The summed E-state index contributed by atoms with van der Waals surface area (Å²) >= 11 is 18.2. The largest absolute Gasteiger partial charge is 0.483 e. The molecule has 3 saturated carbocycles. The van der Waals surface area contributed by atoms with E-state index in [1.54, 1.807) is 120 Å². The van der Waals surface area contributed by atoms with Gasteiger partial charge in [0.15, 0.2) is 37.2 Å². The number of nitrogens with one attached hydrogen (secondary N) is 4. The average Bonchev–Trinajstić information content (AvgIpc) is 1.22. The summed E-state index contributed by atoms with van der Waals surface area (Å²) in [5.74, 6) is 10.9. The van der Waals surface area contributed by atoms with Gasteiger partial charge in [-0.15, -0.1) is 0 Å². The molecule has 3 fully saturated rings. The maximum atomic E-state index is 15.2. The van der Waals surface area contributed by atoms with Crippen LogP contribution < -0.4 is 46.9 Å². The van der Waals surface area contributed by atoms with E-state index in [0.717, 1.165) is 67.3 Å². The SMILES string of the molecule is Cc1c(N)ccc(C#CC(C)(C)NC(=O)OC(C)(C)C)c1F.Cc1c(NC(=O)COc2ccc(Cl)cc2C(=O)c2cc(F)cc(C3CC3)c2)ccc(C#CC(C)(C)N)c1F.Cc1c(NC(=O)COc2ccc(Cl)cc2C(=O)c2cc(F)cc(C3CC3)c2)ccc(C#CC(C)(C)NC(=O)OC(C)(C)C)c1F.O=C(O)COc1ccc(Cl)cc1C(=O)c1cc(F)cc(C2CC2)c1. The molecule has 0 bridgehead atoms. The van der Waals surface area contributed by atoms with Crippen LogP contribution in [0.15, 0.2) is 146 Å².